The van der Waals surface area contributed by atoms with E-state index in [0.29, 0.717) is 12.4 Å². The summed E-state index contributed by atoms with van der Waals surface area (Å²) < 4.78 is 10.3. The van der Waals surface area contributed by atoms with E-state index in [-0.39, 0.29) is 0 Å². The Hall–Kier alpha value is -2.63. The molecule has 2 rings (SSSR count). The molecule has 0 aliphatic rings. The van der Waals surface area contributed by atoms with E-state index in [2.05, 4.69) is 15.3 Å². The summed E-state index contributed by atoms with van der Waals surface area (Å²) in [7, 11) is 1.57. The number of amides is 1. The number of rotatable bonds is 4. The van der Waals surface area contributed by atoms with Crippen LogP contribution in [0, 0.1) is 0 Å². The maximum Gasteiger partial charge on any atom is 0.407 e. The van der Waals surface area contributed by atoms with Gasteiger partial charge in [-0.15, -0.1) is 0 Å². The lowest BCUT2D eigenvalue weighted by atomic mass is 10.2. The van der Waals surface area contributed by atoms with E-state index in [1.54, 1.807) is 19.4 Å². The summed E-state index contributed by atoms with van der Waals surface area (Å²) >= 11 is 0. The lowest BCUT2D eigenvalue weighted by molar-refractivity contribution is 0.0523. The van der Waals surface area contributed by atoms with Crippen molar-refractivity contribution in [3.63, 3.8) is 0 Å². The number of pyridine rings is 2. The molecule has 122 valence electrons. The van der Waals surface area contributed by atoms with Crippen LogP contribution in [-0.2, 0) is 11.3 Å². The molecular weight excluding hydrogens is 294 g/mol. The molecule has 0 bridgehead atoms. The van der Waals surface area contributed by atoms with Gasteiger partial charge in [-0.3, -0.25) is 4.98 Å². The van der Waals surface area contributed by atoms with Crippen molar-refractivity contribution in [3.05, 3.63) is 42.1 Å². The third-order valence-electron chi connectivity index (χ3n) is 2.86. The molecule has 6 heteroatoms. The standard InChI is InChI=1S/C17H21N3O3/c1-17(2,3)23-16(21)19-11-12-8-9-13(18-10-12)14-6-5-7-15(20-14)22-4/h5-10H,11H2,1-4H3,(H,19,21). The highest BCUT2D eigenvalue weighted by Crippen LogP contribution is 2.17. The van der Waals surface area contributed by atoms with Crippen LogP contribution in [0.2, 0.25) is 0 Å². The van der Waals surface area contributed by atoms with Crippen molar-refractivity contribution in [2.45, 2.75) is 32.9 Å². The molecule has 0 fully saturated rings. The van der Waals surface area contributed by atoms with E-state index in [0.717, 1.165) is 17.0 Å². The first-order valence-corrected chi connectivity index (χ1v) is 7.30. The van der Waals surface area contributed by atoms with Gasteiger partial charge in [0.25, 0.3) is 0 Å². The summed E-state index contributed by atoms with van der Waals surface area (Å²) in [6.45, 7) is 5.83. The van der Waals surface area contributed by atoms with Gasteiger partial charge in [0, 0.05) is 18.8 Å². The molecule has 0 spiro atoms. The van der Waals surface area contributed by atoms with Gasteiger partial charge in [-0.25, -0.2) is 9.78 Å². The predicted molar refractivity (Wildman–Crippen MR) is 87.1 cm³/mol. The van der Waals surface area contributed by atoms with Crippen molar-refractivity contribution in [2.24, 2.45) is 0 Å². The average Bonchev–Trinajstić information content (AvgIpc) is 2.52. The second-order valence-electron chi connectivity index (χ2n) is 5.97. The first-order chi connectivity index (χ1) is 10.9. The highest BCUT2D eigenvalue weighted by Gasteiger charge is 2.15. The van der Waals surface area contributed by atoms with Crippen LogP contribution < -0.4 is 10.1 Å². The van der Waals surface area contributed by atoms with Crippen molar-refractivity contribution in [2.75, 3.05) is 7.11 Å². The van der Waals surface area contributed by atoms with Gasteiger partial charge in [-0.1, -0.05) is 12.1 Å². The van der Waals surface area contributed by atoms with Crippen LogP contribution in [0.3, 0.4) is 0 Å². The monoisotopic (exact) mass is 315 g/mol. The molecule has 0 saturated carbocycles. The zero-order valence-electron chi connectivity index (χ0n) is 13.8. The zero-order valence-corrected chi connectivity index (χ0v) is 13.8. The Bertz CT molecular complexity index is 664. The zero-order chi connectivity index (χ0) is 16.9. The molecule has 2 heterocycles. The smallest absolute Gasteiger partial charge is 0.407 e. The molecule has 0 saturated heterocycles. The fourth-order valence-electron chi connectivity index (χ4n) is 1.84. The molecule has 0 aliphatic carbocycles. The number of alkyl carbamates (subject to hydrolysis) is 1. The third kappa shape index (κ3) is 5.25. The minimum Gasteiger partial charge on any atom is -0.481 e. The SMILES string of the molecule is COc1cccc(-c2ccc(CNC(=O)OC(C)(C)C)cn2)n1. The van der Waals surface area contributed by atoms with Gasteiger partial charge in [-0.2, -0.15) is 0 Å². The Morgan fingerprint density at radius 3 is 2.57 bits per heavy atom. The van der Waals surface area contributed by atoms with Crippen LogP contribution >= 0.6 is 0 Å². The Kier molecular flexibility index (Phi) is 5.16. The summed E-state index contributed by atoms with van der Waals surface area (Å²) in [4.78, 5) is 20.3. The summed E-state index contributed by atoms with van der Waals surface area (Å²) in [5.41, 5.74) is 1.84. The van der Waals surface area contributed by atoms with E-state index in [1.165, 1.54) is 0 Å². The van der Waals surface area contributed by atoms with E-state index in [4.69, 9.17) is 9.47 Å². The van der Waals surface area contributed by atoms with Gasteiger partial charge in [0.1, 0.15) is 5.60 Å². The molecule has 0 unspecified atom stereocenters. The Balaban J connectivity index is 1.98. The minimum atomic E-state index is -0.510. The maximum atomic E-state index is 11.6. The van der Waals surface area contributed by atoms with Gasteiger partial charge in [-0.05, 0) is 38.5 Å². The first kappa shape index (κ1) is 16.7. The summed E-state index contributed by atoms with van der Waals surface area (Å²) in [6, 6.07) is 9.25. The average molecular weight is 315 g/mol. The number of hydrogen-bond acceptors (Lipinski definition) is 5. The lowest BCUT2D eigenvalue weighted by Crippen LogP contribution is -2.32. The molecule has 0 atom stereocenters. The van der Waals surface area contributed by atoms with Crippen molar-refractivity contribution < 1.29 is 14.3 Å². The molecule has 1 amide bonds. The van der Waals surface area contributed by atoms with Crippen LogP contribution in [-0.4, -0.2) is 28.8 Å². The van der Waals surface area contributed by atoms with Gasteiger partial charge in [0.15, 0.2) is 0 Å². The van der Waals surface area contributed by atoms with Gasteiger partial charge in [0.05, 0.1) is 18.5 Å². The topological polar surface area (TPSA) is 73.3 Å². The minimum absolute atomic E-state index is 0.355. The number of nitrogens with zero attached hydrogens (tertiary/aromatic N) is 2. The number of ether oxygens (including phenoxy) is 2. The van der Waals surface area contributed by atoms with Crippen molar-refractivity contribution in [3.8, 4) is 17.3 Å². The molecule has 2 aromatic heterocycles. The van der Waals surface area contributed by atoms with Gasteiger partial charge >= 0.3 is 6.09 Å². The van der Waals surface area contributed by atoms with Gasteiger partial charge < -0.3 is 14.8 Å². The van der Waals surface area contributed by atoms with Crippen LogP contribution in [0.1, 0.15) is 26.3 Å². The molecule has 6 nitrogen and oxygen atoms in total. The third-order valence-corrected chi connectivity index (χ3v) is 2.86. The number of nitrogens with one attached hydrogen (secondary N) is 1. The second kappa shape index (κ2) is 7.09. The fraction of sp³-hybridized carbons (Fsp3) is 0.353. The van der Waals surface area contributed by atoms with E-state index in [9.17, 15) is 4.79 Å². The highest BCUT2D eigenvalue weighted by molar-refractivity contribution is 5.67. The number of carbonyl (C=O) groups excluding carboxylic acids is 1. The summed E-state index contributed by atoms with van der Waals surface area (Å²) in [6.07, 6.45) is 1.25. The quantitative estimate of drug-likeness (QED) is 0.938. The Morgan fingerprint density at radius 1 is 1.17 bits per heavy atom. The number of methoxy groups -OCH3 is 1. The van der Waals surface area contributed by atoms with Crippen molar-refractivity contribution >= 4 is 6.09 Å². The molecule has 0 aromatic carbocycles. The maximum absolute atomic E-state index is 11.6. The summed E-state index contributed by atoms with van der Waals surface area (Å²) in [5, 5.41) is 2.70. The molecular formula is C17H21N3O3. The second-order valence-corrected chi connectivity index (χ2v) is 5.97. The number of carbonyl (C=O) groups is 1. The molecule has 2 aromatic rings. The van der Waals surface area contributed by atoms with Crippen molar-refractivity contribution in [1.82, 2.24) is 15.3 Å². The van der Waals surface area contributed by atoms with E-state index >= 15 is 0 Å². The van der Waals surface area contributed by atoms with Gasteiger partial charge in [0.2, 0.25) is 5.88 Å². The summed E-state index contributed by atoms with van der Waals surface area (Å²) in [5.74, 6) is 0.542. The molecule has 23 heavy (non-hydrogen) atoms. The predicted octanol–water partition coefficient (Wildman–Crippen LogP) is 3.18. The largest absolute Gasteiger partial charge is 0.481 e. The van der Waals surface area contributed by atoms with E-state index < -0.39 is 11.7 Å². The molecule has 0 aliphatic heterocycles. The van der Waals surface area contributed by atoms with Crippen LogP contribution in [0.15, 0.2) is 36.5 Å². The van der Waals surface area contributed by atoms with Crippen LogP contribution in [0.4, 0.5) is 4.79 Å². The van der Waals surface area contributed by atoms with Crippen molar-refractivity contribution in [1.29, 1.82) is 0 Å². The Labute approximate surface area is 135 Å². The first-order valence-electron chi connectivity index (χ1n) is 7.30. The lowest BCUT2D eigenvalue weighted by Gasteiger charge is -2.19. The number of aromatic nitrogens is 2. The Morgan fingerprint density at radius 2 is 1.96 bits per heavy atom. The normalized spacial score (nSPS) is 11.0. The van der Waals surface area contributed by atoms with Crippen LogP contribution in [0.5, 0.6) is 5.88 Å². The van der Waals surface area contributed by atoms with Crippen LogP contribution in [0.25, 0.3) is 11.4 Å². The fourth-order valence-corrected chi connectivity index (χ4v) is 1.84. The molecule has 0 radical (unpaired) electrons. The molecule has 1 N–H and O–H groups in total. The highest BCUT2D eigenvalue weighted by atomic mass is 16.6. The number of hydrogen-bond donors (Lipinski definition) is 1. The van der Waals surface area contributed by atoms with E-state index in [1.807, 2.05) is 45.0 Å².